The largest absolute Gasteiger partial charge is 0.352 e. The summed E-state index contributed by atoms with van der Waals surface area (Å²) >= 11 is 0. The highest BCUT2D eigenvalue weighted by Crippen LogP contribution is 2.18. The van der Waals surface area contributed by atoms with Crippen molar-refractivity contribution in [2.45, 2.75) is 12.8 Å². The molecule has 0 unspecified atom stereocenters. The van der Waals surface area contributed by atoms with Crippen LogP contribution in [0.4, 0.5) is 0 Å². The maximum atomic E-state index is 12.4. The van der Waals surface area contributed by atoms with Crippen LogP contribution in [0, 0.1) is 0 Å². The molecule has 0 saturated carbocycles. The summed E-state index contributed by atoms with van der Waals surface area (Å²) in [5.74, 6) is 1.18. The van der Waals surface area contributed by atoms with Crippen molar-refractivity contribution >= 4 is 11.6 Å². The van der Waals surface area contributed by atoms with Gasteiger partial charge >= 0.3 is 0 Å². The number of carbonyl (C=O) groups excluding carboxylic acids is 1. The Bertz CT molecular complexity index is 1030. The molecule has 1 amide bonds. The van der Waals surface area contributed by atoms with Gasteiger partial charge in [0, 0.05) is 32.4 Å². The lowest BCUT2D eigenvalue weighted by Gasteiger charge is -2.06. The highest BCUT2D eigenvalue weighted by molar-refractivity contribution is 5.94. The fraction of sp³-hybridized carbons (Fsp3) is 0.250. The zero-order valence-electron chi connectivity index (χ0n) is 14.1. The monoisotopic (exact) mass is 351 g/mol. The second kappa shape index (κ2) is 6.75. The zero-order valence-corrected chi connectivity index (χ0v) is 14.1. The average molecular weight is 351 g/mol. The van der Waals surface area contributed by atoms with Gasteiger partial charge in [-0.3, -0.25) is 9.20 Å². The third-order valence-corrected chi connectivity index (χ3v) is 4.09. The molecule has 0 saturated heterocycles. The second-order valence-electron chi connectivity index (χ2n) is 5.86. The van der Waals surface area contributed by atoms with Crippen molar-refractivity contribution in [2.24, 2.45) is 7.05 Å². The van der Waals surface area contributed by atoms with Gasteiger partial charge in [-0.05, 0) is 30.7 Å². The van der Waals surface area contributed by atoms with Crippen molar-refractivity contribution in [1.29, 1.82) is 0 Å². The van der Waals surface area contributed by atoms with Gasteiger partial charge in [0.2, 0.25) is 0 Å². The Kier molecular flexibility index (Phi) is 4.14. The molecule has 0 spiro atoms. The van der Waals surface area contributed by atoms with Gasteiger partial charge in [-0.1, -0.05) is 5.21 Å². The topological polar surface area (TPSA) is 119 Å². The maximum Gasteiger partial charge on any atom is 0.252 e. The number of H-pyrrole nitrogens is 1. The number of hydrogen-bond acceptors (Lipinski definition) is 6. The molecule has 0 bridgehead atoms. The Hall–Kier alpha value is -3.56. The van der Waals surface area contributed by atoms with Crippen LogP contribution in [0.2, 0.25) is 0 Å². The molecule has 0 radical (unpaired) electrons. The van der Waals surface area contributed by atoms with Crippen molar-refractivity contribution in [1.82, 2.24) is 45.1 Å². The number of fused-ring (bicyclic) bond motifs is 1. The summed E-state index contributed by atoms with van der Waals surface area (Å²) in [6, 6.07) is 7.43. The highest BCUT2D eigenvalue weighted by Gasteiger charge is 2.13. The van der Waals surface area contributed by atoms with Gasteiger partial charge < -0.3 is 9.88 Å². The number of tetrazole rings is 1. The number of aryl methyl sites for hydroxylation is 2. The Labute approximate surface area is 148 Å². The van der Waals surface area contributed by atoms with Crippen molar-refractivity contribution in [3.05, 3.63) is 48.0 Å². The maximum absolute atomic E-state index is 12.4. The van der Waals surface area contributed by atoms with E-state index in [1.54, 1.807) is 18.3 Å². The van der Waals surface area contributed by atoms with Crippen molar-refractivity contribution < 1.29 is 4.79 Å². The smallest absolute Gasteiger partial charge is 0.252 e. The number of aromatic amines is 1. The fourth-order valence-electron chi connectivity index (χ4n) is 2.73. The molecule has 4 aromatic heterocycles. The molecule has 4 aromatic rings. The van der Waals surface area contributed by atoms with E-state index in [1.165, 1.54) is 0 Å². The Morgan fingerprint density at radius 1 is 1.23 bits per heavy atom. The first-order valence-electron chi connectivity index (χ1n) is 8.19. The lowest BCUT2D eigenvalue weighted by atomic mass is 10.2. The molecular formula is C16H17N9O. The van der Waals surface area contributed by atoms with Crippen molar-refractivity contribution in [3.63, 3.8) is 0 Å². The van der Waals surface area contributed by atoms with E-state index in [2.05, 4.69) is 36.1 Å². The van der Waals surface area contributed by atoms with E-state index in [4.69, 9.17) is 0 Å². The first kappa shape index (κ1) is 15.9. The predicted octanol–water partition coefficient (Wildman–Crippen LogP) is 0.610. The quantitative estimate of drug-likeness (QED) is 0.491. The predicted molar refractivity (Wildman–Crippen MR) is 92.2 cm³/mol. The summed E-state index contributed by atoms with van der Waals surface area (Å²) in [6.07, 6.45) is 5.08. The molecule has 0 aliphatic carbocycles. The van der Waals surface area contributed by atoms with Crippen molar-refractivity contribution in [3.8, 4) is 11.5 Å². The third kappa shape index (κ3) is 3.04. The molecule has 0 atom stereocenters. The van der Waals surface area contributed by atoms with E-state index in [0.29, 0.717) is 35.8 Å². The van der Waals surface area contributed by atoms with E-state index in [-0.39, 0.29) is 5.91 Å². The van der Waals surface area contributed by atoms with Crippen LogP contribution in [0.5, 0.6) is 0 Å². The number of nitrogens with zero attached hydrogens (tertiary/aromatic N) is 7. The molecule has 10 heteroatoms. The van der Waals surface area contributed by atoms with Crippen LogP contribution in [0.3, 0.4) is 0 Å². The van der Waals surface area contributed by atoms with Crippen LogP contribution in [-0.4, -0.2) is 52.2 Å². The minimum atomic E-state index is -0.147. The van der Waals surface area contributed by atoms with Gasteiger partial charge in [-0.25, -0.2) is 0 Å². The molecule has 0 aliphatic rings. The number of rotatable bonds is 6. The molecule has 132 valence electrons. The van der Waals surface area contributed by atoms with Gasteiger partial charge in [0.05, 0.1) is 11.3 Å². The van der Waals surface area contributed by atoms with Crippen LogP contribution >= 0.6 is 0 Å². The third-order valence-electron chi connectivity index (χ3n) is 4.09. The first-order chi connectivity index (χ1) is 12.7. The van der Waals surface area contributed by atoms with E-state index in [1.807, 2.05) is 34.3 Å². The van der Waals surface area contributed by atoms with Gasteiger partial charge in [0.15, 0.2) is 17.3 Å². The lowest BCUT2D eigenvalue weighted by Crippen LogP contribution is -2.25. The average Bonchev–Trinajstić information content (AvgIpc) is 3.38. The van der Waals surface area contributed by atoms with E-state index in [9.17, 15) is 4.79 Å². The van der Waals surface area contributed by atoms with Crippen LogP contribution in [0.1, 0.15) is 22.6 Å². The van der Waals surface area contributed by atoms with Gasteiger partial charge in [-0.15, -0.1) is 20.4 Å². The molecule has 4 rings (SSSR count). The highest BCUT2D eigenvalue weighted by atomic mass is 16.1. The Morgan fingerprint density at radius 3 is 2.92 bits per heavy atom. The molecule has 2 N–H and O–H groups in total. The number of hydrogen-bond donors (Lipinski definition) is 2. The molecule has 4 heterocycles. The lowest BCUT2D eigenvalue weighted by molar-refractivity contribution is 0.0952. The molecule has 0 fully saturated rings. The number of amides is 1. The Balaban J connectivity index is 1.48. The van der Waals surface area contributed by atoms with Gasteiger partial charge in [-0.2, -0.15) is 5.21 Å². The standard InChI is InChI=1S/C16H17N9O/c1-24-9-3-4-12(24)15-21-20-14-7-6-11(10-25(14)15)16(26)17-8-2-5-13-18-22-23-19-13/h3-4,6-7,9-10H,2,5,8H2,1H3,(H,17,26)(H,18,19,22,23). The fourth-order valence-corrected chi connectivity index (χ4v) is 2.73. The zero-order chi connectivity index (χ0) is 17.9. The summed E-state index contributed by atoms with van der Waals surface area (Å²) in [5, 5.41) is 25.0. The molecule has 0 aliphatic heterocycles. The van der Waals surface area contributed by atoms with E-state index in [0.717, 1.165) is 12.1 Å². The summed E-state index contributed by atoms with van der Waals surface area (Å²) in [5.41, 5.74) is 2.16. The SMILES string of the molecule is Cn1cccc1-c1nnc2ccc(C(=O)NCCCc3nn[nH]n3)cn12. The second-order valence-corrected chi connectivity index (χ2v) is 5.86. The van der Waals surface area contributed by atoms with Crippen LogP contribution in [-0.2, 0) is 13.5 Å². The van der Waals surface area contributed by atoms with E-state index >= 15 is 0 Å². The first-order valence-corrected chi connectivity index (χ1v) is 8.19. The summed E-state index contributed by atoms with van der Waals surface area (Å²) in [7, 11) is 1.94. The molecular weight excluding hydrogens is 334 g/mol. The number of pyridine rings is 1. The normalized spacial score (nSPS) is 11.1. The number of aromatic nitrogens is 8. The molecule has 0 aromatic carbocycles. The van der Waals surface area contributed by atoms with Gasteiger partial charge in [0.25, 0.3) is 5.91 Å². The Morgan fingerprint density at radius 2 is 2.15 bits per heavy atom. The van der Waals surface area contributed by atoms with E-state index < -0.39 is 0 Å². The minimum Gasteiger partial charge on any atom is -0.352 e. The molecule has 26 heavy (non-hydrogen) atoms. The number of nitrogens with one attached hydrogen (secondary N) is 2. The molecule has 10 nitrogen and oxygen atoms in total. The minimum absolute atomic E-state index is 0.147. The summed E-state index contributed by atoms with van der Waals surface area (Å²) in [6.45, 7) is 0.526. The summed E-state index contributed by atoms with van der Waals surface area (Å²) in [4.78, 5) is 12.4. The van der Waals surface area contributed by atoms with Crippen molar-refractivity contribution in [2.75, 3.05) is 6.54 Å². The van der Waals surface area contributed by atoms with Crippen LogP contribution < -0.4 is 5.32 Å². The van der Waals surface area contributed by atoms with Gasteiger partial charge in [0.1, 0.15) is 0 Å². The van der Waals surface area contributed by atoms with Crippen LogP contribution in [0.15, 0.2) is 36.7 Å². The summed E-state index contributed by atoms with van der Waals surface area (Å²) < 4.78 is 3.78. The van der Waals surface area contributed by atoms with Crippen LogP contribution in [0.25, 0.3) is 17.2 Å². The number of carbonyl (C=O) groups is 1.